The van der Waals surface area contributed by atoms with Gasteiger partial charge in [-0.15, -0.1) is 0 Å². The molecule has 7 heteroatoms. The molecule has 0 radical (unpaired) electrons. The Bertz CT molecular complexity index is 808. The number of nitrogens with zero attached hydrogens (tertiary/aromatic N) is 4. The summed E-state index contributed by atoms with van der Waals surface area (Å²) in [6.45, 7) is 6.05. The van der Waals surface area contributed by atoms with Crippen LogP contribution in [-0.2, 0) is 4.79 Å². The Morgan fingerprint density at radius 2 is 1.75 bits per heavy atom. The van der Waals surface area contributed by atoms with Crippen LogP contribution >= 0.6 is 11.6 Å². The van der Waals surface area contributed by atoms with Crippen molar-refractivity contribution in [2.75, 3.05) is 31.1 Å². The summed E-state index contributed by atoms with van der Waals surface area (Å²) in [7, 11) is 0. The van der Waals surface area contributed by atoms with Gasteiger partial charge in [-0.2, -0.15) is 9.78 Å². The van der Waals surface area contributed by atoms with Crippen LogP contribution in [0.25, 0.3) is 5.69 Å². The van der Waals surface area contributed by atoms with Gasteiger partial charge < -0.3 is 9.80 Å². The lowest BCUT2D eigenvalue weighted by Crippen LogP contribution is -2.48. The molecule has 2 aromatic rings. The minimum Gasteiger partial charge on any atom is -0.365 e. The number of piperazine rings is 1. The van der Waals surface area contributed by atoms with E-state index in [2.05, 4.69) is 5.10 Å². The van der Waals surface area contributed by atoms with Gasteiger partial charge in [0, 0.05) is 33.1 Å². The number of anilines is 1. The van der Waals surface area contributed by atoms with Gasteiger partial charge in [-0.3, -0.25) is 9.59 Å². The maximum atomic E-state index is 12.6. The molecule has 0 aliphatic carbocycles. The van der Waals surface area contributed by atoms with Crippen molar-refractivity contribution in [2.45, 2.75) is 13.8 Å². The Hall–Kier alpha value is -2.34. The van der Waals surface area contributed by atoms with E-state index in [9.17, 15) is 9.59 Å². The van der Waals surface area contributed by atoms with Gasteiger partial charge in [0.15, 0.2) is 0 Å². The number of carbonyl (C=O) groups excluding carboxylic acids is 1. The lowest BCUT2D eigenvalue weighted by atomic mass is 10.2. The summed E-state index contributed by atoms with van der Waals surface area (Å²) in [5.41, 5.74) is 2.07. The SMILES string of the molecule is CC(=O)N1CCN(c2cnn(-c3ccc(C)cc3)c(=O)c2Cl)CC1. The smallest absolute Gasteiger partial charge is 0.292 e. The molecule has 1 saturated heterocycles. The van der Waals surface area contributed by atoms with Crippen LogP contribution in [-0.4, -0.2) is 46.8 Å². The van der Waals surface area contributed by atoms with E-state index in [1.807, 2.05) is 36.1 Å². The second-order valence-electron chi connectivity index (χ2n) is 5.89. The molecule has 1 aromatic carbocycles. The minimum atomic E-state index is -0.341. The molecule has 0 spiro atoms. The normalized spacial score (nSPS) is 14.8. The highest BCUT2D eigenvalue weighted by atomic mass is 35.5. The van der Waals surface area contributed by atoms with Crippen molar-refractivity contribution in [2.24, 2.45) is 0 Å². The molecule has 0 unspecified atom stereocenters. The van der Waals surface area contributed by atoms with Crippen molar-refractivity contribution < 1.29 is 4.79 Å². The van der Waals surface area contributed by atoms with E-state index in [4.69, 9.17) is 11.6 Å². The van der Waals surface area contributed by atoms with Crippen molar-refractivity contribution in [3.63, 3.8) is 0 Å². The van der Waals surface area contributed by atoms with E-state index < -0.39 is 0 Å². The van der Waals surface area contributed by atoms with E-state index >= 15 is 0 Å². The molecule has 1 aromatic heterocycles. The zero-order valence-corrected chi connectivity index (χ0v) is 14.5. The maximum Gasteiger partial charge on any atom is 0.292 e. The third kappa shape index (κ3) is 3.14. The van der Waals surface area contributed by atoms with Crippen molar-refractivity contribution in [3.8, 4) is 5.69 Å². The molecule has 1 aliphatic rings. The Morgan fingerprint density at radius 3 is 2.33 bits per heavy atom. The van der Waals surface area contributed by atoms with Gasteiger partial charge in [0.25, 0.3) is 5.56 Å². The van der Waals surface area contributed by atoms with Crippen LogP contribution in [0.5, 0.6) is 0 Å². The first-order valence-corrected chi connectivity index (χ1v) is 8.20. The van der Waals surface area contributed by atoms with Crippen molar-refractivity contribution >= 4 is 23.2 Å². The zero-order valence-electron chi connectivity index (χ0n) is 13.7. The predicted molar refractivity (Wildman–Crippen MR) is 94.0 cm³/mol. The molecule has 0 bridgehead atoms. The number of carbonyl (C=O) groups is 1. The van der Waals surface area contributed by atoms with Gasteiger partial charge in [0.1, 0.15) is 5.02 Å². The second kappa shape index (κ2) is 6.65. The van der Waals surface area contributed by atoms with E-state index in [-0.39, 0.29) is 16.5 Å². The van der Waals surface area contributed by atoms with Crippen molar-refractivity contribution in [1.29, 1.82) is 0 Å². The van der Waals surface area contributed by atoms with Gasteiger partial charge in [-0.05, 0) is 19.1 Å². The molecule has 24 heavy (non-hydrogen) atoms. The molecule has 6 nitrogen and oxygen atoms in total. The van der Waals surface area contributed by atoms with Crippen LogP contribution in [0, 0.1) is 6.92 Å². The summed E-state index contributed by atoms with van der Waals surface area (Å²) >= 11 is 6.32. The van der Waals surface area contributed by atoms with Gasteiger partial charge in [-0.25, -0.2) is 0 Å². The molecular weight excluding hydrogens is 328 g/mol. The first kappa shape index (κ1) is 16.5. The number of benzene rings is 1. The number of rotatable bonds is 2. The minimum absolute atomic E-state index is 0.0636. The summed E-state index contributed by atoms with van der Waals surface area (Å²) in [4.78, 5) is 27.8. The van der Waals surface area contributed by atoms with Crippen molar-refractivity contribution in [3.05, 3.63) is 51.4 Å². The standard InChI is InChI=1S/C17H19ClN4O2/c1-12-3-5-14(6-4-12)22-17(24)16(18)15(11-19-22)21-9-7-20(8-10-21)13(2)23/h3-6,11H,7-10H2,1-2H3. The average Bonchev–Trinajstić information content (AvgIpc) is 2.58. The number of halogens is 1. The monoisotopic (exact) mass is 346 g/mol. The molecule has 1 aliphatic heterocycles. The Kier molecular flexibility index (Phi) is 4.57. The fourth-order valence-corrected chi connectivity index (χ4v) is 3.03. The van der Waals surface area contributed by atoms with E-state index in [1.165, 1.54) is 4.68 Å². The number of hydrogen-bond acceptors (Lipinski definition) is 4. The second-order valence-corrected chi connectivity index (χ2v) is 6.27. The maximum absolute atomic E-state index is 12.6. The predicted octanol–water partition coefficient (Wildman–Crippen LogP) is 1.86. The third-order valence-electron chi connectivity index (χ3n) is 4.24. The Labute approximate surface area is 145 Å². The van der Waals surface area contributed by atoms with Crippen LogP contribution in [0.1, 0.15) is 12.5 Å². The molecule has 0 atom stereocenters. The molecular formula is C17H19ClN4O2. The van der Waals surface area contributed by atoms with Gasteiger partial charge >= 0.3 is 0 Å². The molecule has 1 amide bonds. The molecule has 2 heterocycles. The largest absolute Gasteiger partial charge is 0.365 e. The van der Waals surface area contributed by atoms with Crippen LogP contribution in [0.15, 0.2) is 35.3 Å². The molecule has 0 saturated carbocycles. The van der Waals surface area contributed by atoms with E-state index in [0.717, 1.165) is 5.56 Å². The van der Waals surface area contributed by atoms with E-state index in [1.54, 1.807) is 18.0 Å². The number of aromatic nitrogens is 2. The first-order chi connectivity index (χ1) is 11.5. The molecule has 0 N–H and O–H groups in total. The van der Waals surface area contributed by atoms with Gasteiger partial charge in [0.05, 0.1) is 17.6 Å². The summed E-state index contributed by atoms with van der Waals surface area (Å²) in [6.07, 6.45) is 1.62. The molecule has 1 fully saturated rings. The van der Waals surface area contributed by atoms with Crippen LogP contribution in [0.4, 0.5) is 5.69 Å². The zero-order chi connectivity index (χ0) is 17.3. The van der Waals surface area contributed by atoms with Gasteiger partial charge in [-0.1, -0.05) is 29.3 Å². The number of amides is 1. The third-order valence-corrected chi connectivity index (χ3v) is 4.60. The lowest BCUT2D eigenvalue weighted by Gasteiger charge is -2.35. The summed E-state index contributed by atoms with van der Waals surface area (Å²) < 4.78 is 1.30. The molecule has 3 rings (SSSR count). The highest BCUT2D eigenvalue weighted by Crippen LogP contribution is 2.23. The topological polar surface area (TPSA) is 58.4 Å². The van der Waals surface area contributed by atoms with E-state index in [0.29, 0.717) is 37.6 Å². The van der Waals surface area contributed by atoms with Crippen LogP contribution in [0.2, 0.25) is 5.02 Å². The summed E-state index contributed by atoms with van der Waals surface area (Å²) in [5, 5.41) is 4.42. The quantitative estimate of drug-likeness (QED) is 0.833. The van der Waals surface area contributed by atoms with Crippen LogP contribution in [0.3, 0.4) is 0 Å². The van der Waals surface area contributed by atoms with Crippen LogP contribution < -0.4 is 10.5 Å². The fraction of sp³-hybridized carbons (Fsp3) is 0.353. The number of hydrogen-bond donors (Lipinski definition) is 0. The highest BCUT2D eigenvalue weighted by Gasteiger charge is 2.22. The summed E-state index contributed by atoms with van der Waals surface area (Å²) in [6, 6.07) is 7.52. The van der Waals surface area contributed by atoms with Crippen molar-refractivity contribution in [1.82, 2.24) is 14.7 Å². The Balaban J connectivity index is 1.87. The highest BCUT2D eigenvalue weighted by molar-refractivity contribution is 6.33. The summed E-state index contributed by atoms with van der Waals surface area (Å²) in [5.74, 6) is 0.0636. The number of aryl methyl sites for hydroxylation is 1. The Morgan fingerprint density at radius 1 is 1.12 bits per heavy atom. The van der Waals surface area contributed by atoms with Gasteiger partial charge in [0.2, 0.25) is 5.91 Å². The lowest BCUT2D eigenvalue weighted by molar-refractivity contribution is -0.129. The average molecular weight is 347 g/mol. The first-order valence-electron chi connectivity index (χ1n) is 7.82. The molecule has 126 valence electrons. The fourth-order valence-electron chi connectivity index (χ4n) is 2.78.